The highest BCUT2D eigenvalue weighted by Gasteiger charge is 2.27. The number of hydrogen-bond acceptors (Lipinski definition) is 8. The molecule has 5 rings (SSSR count). The second-order valence-corrected chi connectivity index (χ2v) is 12.0. The van der Waals surface area contributed by atoms with Crippen LogP contribution in [0.25, 0.3) is 10.2 Å². The molecular weight excluding hydrogens is 517 g/mol. The van der Waals surface area contributed by atoms with Crippen molar-refractivity contribution in [1.29, 1.82) is 0 Å². The number of fused-ring (bicyclic) bond motifs is 1. The third-order valence-electron chi connectivity index (χ3n) is 5.83. The largest absolute Gasteiger partial charge is 0.379 e. The first-order valence-corrected chi connectivity index (χ1v) is 14.8. The van der Waals surface area contributed by atoms with E-state index in [9.17, 15) is 13.2 Å². The standard InChI is InChI=1S/C25H24N4O4S3/c1-34-20-6-9-22-23(15-20)35-25(27-22)29(17-18-3-2-10-26-16-18)24(30)19-4-7-21(8-5-19)36(31,32)28-11-13-33-14-12-28/h2-10,15-16H,11-14,17H2,1H3. The lowest BCUT2D eigenvalue weighted by Crippen LogP contribution is -2.40. The molecule has 11 heteroatoms. The Morgan fingerprint density at radius 3 is 2.61 bits per heavy atom. The second-order valence-electron chi connectivity index (χ2n) is 8.12. The summed E-state index contributed by atoms with van der Waals surface area (Å²) < 4.78 is 33.6. The van der Waals surface area contributed by atoms with E-state index in [1.54, 1.807) is 41.2 Å². The maximum atomic E-state index is 13.7. The van der Waals surface area contributed by atoms with Gasteiger partial charge in [0.1, 0.15) is 0 Å². The van der Waals surface area contributed by atoms with Crippen LogP contribution in [-0.4, -0.2) is 61.2 Å². The van der Waals surface area contributed by atoms with Gasteiger partial charge in [-0.3, -0.25) is 14.7 Å². The van der Waals surface area contributed by atoms with Gasteiger partial charge in [0.2, 0.25) is 10.0 Å². The summed E-state index contributed by atoms with van der Waals surface area (Å²) >= 11 is 3.10. The number of ether oxygens (including phenoxy) is 1. The minimum Gasteiger partial charge on any atom is -0.379 e. The molecule has 0 atom stereocenters. The van der Waals surface area contributed by atoms with Crippen LogP contribution in [0.15, 0.2) is 76.8 Å². The lowest BCUT2D eigenvalue weighted by atomic mass is 10.2. The molecular formula is C25H24N4O4S3. The fourth-order valence-electron chi connectivity index (χ4n) is 3.90. The van der Waals surface area contributed by atoms with Crippen LogP contribution in [0.1, 0.15) is 15.9 Å². The number of carbonyl (C=O) groups is 1. The Hall–Kier alpha value is -2.83. The molecule has 8 nitrogen and oxygen atoms in total. The first-order chi connectivity index (χ1) is 17.5. The van der Waals surface area contributed by atoms with E-state index in [1.165, 1.54) is 27.8 Å². The molecule has 0 bridgehead atoms. The minimum atomic E-state index is -3.64. The fourth-order valence-corrected chi connectivity index (χ4v) is 6.82. The molecule has 1 fully saturated rings. The molecule has 36 heavy (non-hydrogen) atoms. The lowest BCUT2D eigenvalue weighted by molar-refractivity contribution is 0.0730. The Labute approximate surface area is 218 Å². The summed E-state index contributed by atoms with van der Waals surface area (Å²) in [5.41, 5.74) is 2.06. The zero-order chi connectivity index (χ0) is 25.1. The monoisotopic (exact) mass is 540 g/mol. The molecule has 0 spiro atoms. The van der Waals surface area contributed by atoms with E-state index < -0.39 is 10.0 Å². The van der Waals surface area contributed by atoms with Gasteiger partial charge in [-0.1, -0.05) is 17.4 Å². The van der Waals surface area contributed by atoms with Crippen LogP contribution in [0.3, 0.4) is 0 Å². The highest BCUT2D eigenvalue weighted by molar-refractivity contribution is 7.98. The van der Waals surface area contributed by atoms with E-state index >= 15 is 0 Å². The SMILES string of the molecule is CSc1ccc2nc(N(Cc3cccnc3)C(=O)c3ccc(S(=O)(=O)N4CCOCC4)cc3)sc2c1. The highest BCUT2D eigenvalue weighted by Crippen LogP contribution is 2.33. The Morgan fingerprint density at radius 1 is 1.14 bits per heavy atom. The third kappa shape index (κ3) is 5.16. The van der Waals surface area contributed by atoms with E-state index in [2.05, 4.69) is 11.1 Å². The van der Waals surface area contributed by atoms with Gasteiger partial charge < -0.3 is 4.74 Å². The third-order valence-corrected chi connectivity index (χ3v) is 9.51. The zero-order valence-electron chi connectivity index (χ0n) is 19.5. The summed E-state index contributed by atoms with van der Waals surface area (Å²) in [6, 6.07) is 15.9. The molecule has 1 aliphatic heterocycles. The number of rotatable bonds is 7. The normalized spacial score (nSPS) is 14.7. The molecule has 186 valence electrons. The number of aromatic nitrogens is 2. The predicted molar refractivity (Wildman–Crippen MR) is 142 cm³/mol. The van der Waals surface area contributed by atoms with Gasteiger partial charge in [0.15, 0.2) is 5.13 Å². The molecule has 4 aromatic rings. The first kappa shape index (κ1) is 24.8. The van der Waals surface area contributed by atoms with Gasteiger partial charge >= 0.3 is 0 Å². The molecule has 2 aromatic carbocycles. The number of sulfonamides is 1. The molecule has 0 saturated carbocycles. The van der Waals surface area contributed by atoms with Crippen LogP contribution in [-0.2, 0) is 21.3 Å². The summed E-state index contributed by atoms with van der Waals surface area (Å²) in [4.78, 5) is 25.5. The molecule has 1 amide bonds. The number of morpholine rings is 1. The Balaban J connectivity index is 1.47. The van der Waals surface area contributed by atoms with E-state index in [4.69, 9.17) is 9.72 Å². The smallest absolute Gasteiger partial charge is 0.260 e. The van der Waals surface area contributed by atoms with Gasteiger partial charge in [-0.25, -0.2) is 13.4 Å². The minimum absolute atomic E-state index is 0.157. The molecule has 0 N–H and O–H groups in total. The van der Waals surface area contributed by atoms with Crippen molar-refractivity contribution in [1.82, 2.24) is 14.3 Å². The average molecular weight is 541 g/mol. The zero-order valence-corrected chi connectivity index (χ0v) is 22.0. The Bertz CT molecular complexity index is 1470. The Kier molecular flexibility index (Phi) is 7.35. The topological polar surface area (TPSA) is 92.7 Å². The number of hydrogen-bond donors (Lipinski definition) is 0. The van der Waals surface area contributed by atoms with Gasteiger partial charge in [0.25, 0.3) is 5.91 Å². The van der Waals surface area contributed by atoms with E-state index in [1.807, 2.05) is 30.5 Å². The summed E-state index contributed by atoms with van der Waals surface area (Å²) in [6.07, 6.45) is 5.42. The molecule has 0 radical (unpaired) electrons. The summed E-state index contributed by atoms with van der Waals surface area (Å²) in [5, 5.41) is 0.571. The molecule has 3 heterocycles. The van der Waals surface area contributed by atoms with Gasteiger partial charge in [0.05, 0.1) is 34.9 Å². The quantitative estimate of drug-likeness (QED) is 0.323. The number of anilines is 1. The van der Waals surface area contributed by atoms with Gasteiger partial charge in [0, 0.05) is 35.9 Å². The van der Waals surface area contributed by atoms with Gasteiger partial charge in [-0.15, -0.1) is 11.8 Å². The number of pyridine rings is 1. The van der Waals surface area contributed by atoms with Crippen molar-refractivity contribution in [3.05, 3.63) is 78.1 Å². The van der Waals surface area contributed by atoms with Crippen LogP contribution in [0.4, 0.5) is 5.13 Å². The summed E-state index contributed by atoms with van der Waals surface area (Å²) in [6.45, 7) is 1.67. The maximum absolute atomic E-state index is 13.7. The van der Waals surface area contributed by atoms with Gasteiger partial charge in [-0.05, 0) is 60.4 Å². The summed E-state index contributed by atoms with van der Waals surface area (Å²) in [7, 11) is -3.64. The number of thiazole rings is 1. The molecule has 0 aliphatic carbocycles. The van der Waals surface area contributed by atoms with E-state index in [0.29, 0.717) is 37.0 Å². The summed E-state index contributed by atoms with van der Waals surface area (Å²) in [5.74, 6) is -0.265. The van der Waals surface area contributed by atoms with Crippen LogP contribution in [0.2, 0.25) is 0 Å². The van der Waals surface area contributed by atoms with Crippen molar-refractivity contribution in [2.75, 3.05) is 37.5 Å². The first-order valence-electron chi connectivity index (χ1n) is 11.3. The maximum Gasteiger partial charge on any atom is 0.260 e. The number of nitrogens with zero attached hydrogens (tertiary/aromatic N) is 4. The van der Waals surface area contributed by atoms with E-state index in [-0.39, 0.29) is 17.3 Å². The molecule has 2 aromatic heterocycles. The van der Waals surface area contributed by atoms with Crippen molar-refractivity contribution in [2.24, 2.45) is 0 Å². The van der Waals surface area contributed by atoms with Crippen molar-refractivity contribution in [2.45, 2.75) is 16.3 Å². The molecule has 0 unspecified atom stereocenters. The van der Waals surface area contributed by atoms with Crippen LogP contribution in [0, 0.1) is 0 Å². The van der Waals surface area contributed by atoms with Crippen LogP contribution in [0.5, 0.6) is 0 Å². The van der Waals surface area contributed by atoms with Crippen LogP contribution < -0.4 is 4.90 Å². The number of amides is 1. The average Bonchev–Trinajstić information content (AvgIpc) is 3.35. The van der Waals surface area contributed by atoms with Crippen molar-refractivity contribution >= 4 is 54.4 Å². The molecule has 1 saturated heterocycles. The molecule has 1 aliphatic rings. The predicted octanol–water partition coefficient (Wildman–Crippen LogP) is 4.28. The number of carbonyl (C=O) groups excluding carboxylic acids is 1. The number of thioether (sulfide) groups is 1. The van der Waals surface area contributed by atoms with Crippen molar-refractivity contribution < 1.29 is 17.9 Å². The highest BCUT2D eigenvalue weighted by atomic mass is 32.2. The van der Waals surface area contributed by atoms with Crippen LogP contribution >= 0.6 is 23.1 Å². The van der Waals surface area contributed by atoms with Gasteiger partial charge in [-0.2, -0.15) is 4.31 Å². The van der Waals surface area contributed by atoms with Crippen molar-refractivity contribution in [3.63, 3.8) is 0 Å². The lowest BCUT2D eigenvalue weighted by Gasteiger charge is -2.26. The van der Waals surface area contributed by atoms with E-state index in [0.717, 1.165) is 20.7 Å². The second kappa shape index (κ2) is 10.7. The Morgan fingerprint density at radius 2 is 1.92 bits per heavy atom. The number of benzene rings is 2. The fraction of sp³-hybridized carbons (Fsp3) is 0.240. The van der Waals surface area contributed by atoms with Crippen molar-refractivity contribution in [3.8, 4) is 0 Å².